The second kappa shape index (κ2) is 7.72. The third-order valence-corrected chi connectivity index (χ3v) is 6.34. The lowest BCUT2D eigenvalue weighted by Crippen LogP contribution is -2.36. The van der Waals surface area contributed by atoms with Gasteiger partial charge in [-0.15, -0.1) is 0 Å². The zero-order chi connectivity index (χ0) is 20.7. The number of imidazole rings is 1. The zero-order valence-corrected chi connectivity index (χ0v) is 17.6. The molecule has 3 heterocycles. The standard InChI is InChI=1S/C23H28N6O/c1-28-19-9-5-7-17(22(30)25-16-12-13-24-14-16)21(19)27-23(28)29(2)20-11-10-15-6-3-4-8-18(15)26-20/h5,7,9-11,16,24H,3-4,6,8,12-14H2,1-2H3,(H,25,30). The molecule has 1 aliphatic carbocycles. The molecule has 1 amide bonds. The number of hydrogen-bond donors (Lipinski definition) is 2. The molecule has 0 bridgehead atoms. The highest BCUT2D eigenvalue weighted by atomic mass is 16.1. The Kier molecular flexibility index (Phi) is 4.90. The van der Waals surface area contributed by atoms with Gasteiger partial charge in [-0.25, -0.2) is 9.97 Å². The number of fused-ring (bicyclic) bond motifs is 2. The number of nitrogens with zero attached hydrogens (tertiary/aromatic N) is 4. The Morgan fingerprint density at radius 1 is 1.20 bits per heavy atom. The molecule has 1 unspecified atom stereocenters. The number of nitrogens with one attached hydrogen (secondary N) is 2. The number of hydrogen-bond acceptors (Lipinski definition) is 5. The molecular weight excluding hydrogens is 376 g/mol. The van der Waals surface area contributed by atoms with Gasteiger partial charge in [0.15, 0.2) is 0 Å². The SMILES string of the molecule is CN(c1ccc2c(n1)CCCC2)c1nc2c(C(=O)NC3CCNC3)cccc2n1C. The summed E-state index contributed by atoms with van der Waals surface area (Å²) >= 11 is 0. The average Bonchev–Trinajstić information content (AvgIpc) is 3.40. The Bertz CT molecular complexity index is 1100. The number of aryl methyl sites for hydroxylation is 3. The molecule has 1 saturated heterocycles. The van der Waals surface area contributed by atoms with Crippen LogP contribution in [0.5, 0.6) is 0 Å². The first kappa shape index (κ1) is 19.1. The van der Waals surface area contributed by atoms with Crippen molar-refractivity contribution in [2.45, 2.75) is 38.1 Å². The van der Waals surface area contributed by atoms with Gasteiger partial charge in [-0.3, -0.25) is 9.69 Å². The van der Waals surface area contributed by atoms with Crippen LogP contribution in [0.3, 0.4) is 0 Å². The Morgan fingerprint density at radius 3 is 2.90 bits per heavy atom. The second-order valence-electron chi connectivity index (χ2n) is 8.35. The first-order valence-electron chi connectivity index (χ1n) is 10.8. The van der Waals surface area contributed by atoms with Crippen LogP contribution in [0.1, 0.15) is 40.9 Å². The van der Waals surface area contributed by atoms with E-state index in [4.69, 9.17) is 9.97 Å². The molecule has 1 aromatic carbocycles. The summed E-state index contributed by atoms with van der Waals surface area (Å²) in [5, 5.41) is 6.42. The van der Waals surface area contributed by atoms with Crippen LogP contribution in [-0.2, 0) is 19.9 Å². The number of pyridine rings is 1. The average molecular weight is 405 g/mol. The number of rotatable bonds is 4. The molecule has 1 atom stereocenters. The second-order valence-corrected chi connectivity index (χ2v) is 8.35. The molecule has 30 heavy (non-hydrogen) atoms. The molecule has 5 rings (SSSR count). The van der Waals surface area contributed by atoms with E-state index in [9.17, 15) is 4.79 Å². The predicted octanol–water partition coefficient (Wildman–Crippen LogP) is 2.71. The predicted molar refractivity (Wildman–Crippen MR) is 118 cm³/mol. The Morgan fingerprint density at radius 2 is 2.07 bits per heavy atom. The van der Waals surface area contributed by atoms with Crippen LogP contribution in [0.2, 0.25) is 0 Å². The molecule has 2 aromatic heterocycles. The summed E-state index contributed by atoms with van der Waals surface area (Å²) in [5.41, 5.74) is 4.85. The largest absolute Gasteiger partial charge is 0.348 e. The number of anilines is 2. The molecule has 0 spiro atoms. The minimum absolute atomic E-state index is 0.0616. The van der Waals surface area contributed by atoms with E-state index < -0.39 is 0 Å². The van der Waals surface area contributed by atoms with Gasteiger partial charge in [-0.1, -0.05) is 12.1 Å². The number of carbonyl (C=O) groups excluding carboxylic acids is 1. The van der Waals surface area contributed by atoms with Crippen LogP contribution < -0.4 is 15.5 Å². The molecule has 0 radical (unpaired) electrons. The van der Waals surface area contributed by atoms with E-state index in [0.717, 1.165) is 55.2 Å². The highest BCUT2D eigenvalue weighted by Gasteiger charge is 2.22. The van der Waals surface area contributed by atoms with Crippen molar-refractivity contribution in [2.75, 3.05) is 25.0 Å². The van der Waals surface area contributed by atoms with Gasteiger partial charge < -0.3 is 15.2 Å². The van der Waals surface area contributed by atoms with Crippen LogP contribution in [0.4, 0.5) is 11.8 Å². The number of carbonyl (C=O) groups is 1. The van der Waals surface area contributed by atoms with Crippen molar-refractivity contribution in [3.63, 3.8) is 0 Å². The van der Waals surface area contributed by atoms with E-state index in [-0.39, 0.29) is 11.9 Å². The summed E-state index contributed by atoms with van der Waals surface area (Å²) in [5.74, 6) is 1.60. The molecule has 2 aliphatic rings. The summed E-state index contributed by atoms with van der Waals surface area (Å²) in [6.45, 7) is 1.77. The molecule has 7 nitrogen and oxygen atoms in total. The minimum Gasteiger partial charge on any atom is -0.348 e. The smallest absolute Gasteiger partial charge is 0.253 e. The molecular formula is C23H28N6O. The van der Waals surface area contributed by atoms with Crippen LogP contribution in [-0.4, -0.2) is 46.6 Å². The summed E-state index contributed by atoms with van der Waals surface area (Å²) in [4.78, 5) is 24.7. The third-order valence-electron chi connectivity index (χ3n) is 6.34. The van der Waals surface area contributed by atoms with Crippen molar-refractivity contribution < 1.29 is 4.79 Å². The lowest BCUT2D eigenvalue weighted by atomic mass is 9.96. The van der Waals surface area contributed by atoms with Gasteiger partial charge >= 0.3 is 0 Å². The van der Waals surface area contributed by atoms with Gasteiger partial charge in [0.05, 0.1) is 11.1 Å². The van der Waals surface area contributed by atoms with E-state index >= 15 is 0 Å². The Balaban J connectivity index is 1.49. The number of benzene rings is 1. The summed E-state index contributed by atoms with van der Waals surface area (Å²) < 4.78 is 2.03. The minimum atomic E-state index is -0.0616. The number of aromatic nitrogens is 3. The van der Waals surface area contributed by atoms with E-state index in [1.807, 2.05) is 41.8 Å². The zero-order valence-electron chi connectivity index (χ0n) is 17.6. The highest BCUT2D eigenvalue weighted by Crippen LogP contribution is 2.29. The van der Waals surface area contributed by atoms with E-state index in [2.05, 4.69) is 22.8 Å². The van der Waals surface area contributed by atoms with Gasteiger partial charge in [0.1, 0.15) is 11.3 Å². The van der Waals surface area contributed by atoms with Gasteiger partial charge in [0.2, 0.25) is 5.95 Å². The molecule has 1 aliphatic heterocycles. The quantitative estimate of drug-likeness (QED) is 0.699. The monoisotopic (exact) mass is 404 g/mol. The van der Waals surface area contributed by atoms with Crippen LogP contribution in [0.15, 0.2) is 30.3 Å². The van der Waals surface area contributed by atoms with E-state index in [0.29, 0.717) is 5.56 Å². The van der Waals surface area contributed by atoms with Crippen molar-refractivity contribution in [3.8, 4) is 0 Å². The van der Waals surface area contributed by atoms with Crippen LogP contribution >= 0.6 is 0 Å². The maximum Gasteiger partial charge on any atom is 0.253 e. The lowest BCUT2D eigenvalue weighted by molar-refractivity contribution is 0.0941. The van der Waals surface area contributed by atoms with Crippen LogP contribution in [0.25, 0.3) is 11.0 Å². The summed E-state index contributed by atoms with van der Waals surface area (Å²) in [7, 11) is 3.98. The van der Waals surface area contributed by atoms with E-state index in [1.54, 1.807) is 0 Å². The summed E-state index contributed by atoms with van der Waals surface area (Å²) in [6, 6.07) is 10.2. The van der Waals surface area contributed by atoms with Crippen molar-refractivity contribution in [1.29, 1.82) is 0 Å². The first-order valence-corrected chi connectivity index (χ1v) is 10.8. The fraction of sp³-hybridized carbons (Fsp3) is 0.435. The van der Waals surface area contributed by atoms with Crippen molar-refractivity contribution >= 4 is 28.7 Å². The summed E-state index contributed by atoms with van der Waals surface area (Å²) in [6.07, 6.45) is 5.57. The number of para-hydroxylation sites is 1. The molecule has 0 saturated carbocycles. The lowest BCUT2D eigenvalue weighted by Gasteiger charge is -2.21. The fourth-order valence-corrected chi connectivity index (χ4v) is 4.59. The maximum atomic E-state index is 12.9. The normalized spacial score (nSPS) is 18.4. The fourth-order valence-electron chi connectivity index (χ4n) is 4.59. The van der Waals surface area contributed by atoms with Gasteiger partial charge in [-0.2, -0.15) is 0 Å². The molecule has 2 N–H and O–H groups in total. The van der Waals surface area contributed by atoms with Crippen molar-refractivity contribution in [2.24, 2.45) is 7.05 Å². The Hall–Kier alpha value is -2.93. The third kappa shape index (κ3) is 3.33. The molecule has 3 aromatic rings. The first-order chi connectivity index (χ1) is 14.6. The van der Waals surface area contributed by atoms with Gasteiger partial charge in [0, 0.05) is 32.4 Å². The van der Waals surface area contributed by atoms with E-state index in [1.165, 1.54) is 24.1 Å². The molecule has 1 fully saturated rings. The molecule has 156 valence electrons. The van der Waals surface area contributed by atoms with Crippen molar-refractivity contribution in [1.82, 2.24) is 25.2 Å². The van der Waals surface area contributed by atoms with Crippen molar-refractivity contribution in [3.05, 3.63) is 47.2 Å². The van der Waals surface area contributed by atoms with Gasteiger partial charge in [0.25, 0.3) is 5.91 Å². The number of amides is 1. The van der Waals surface area contributed by atoms with Crippen LogP contribution in [0, 0.1) is 0 Å². The highest BCUT2D eigenvalue weighted by molar-refractivity contribution is 6.05. The van der Waals surface area contributed by atoms with Gasteiger partial charge in [-0.05, 0) is 62.4 Å². The topological polar surface area (TPSA) is 75.1 Å². The maximum absolute atomic E-state index is 12.9. The molecule has 7 heteroatoms. The Labute approximate surface area is 176 Å².